The number of hydrogen-bond donors (Lipinski definition) is 1. The lowest BCUT2D eigenvalue weighted by Gasteiger charge is -2.36. The van der Waals surface area contributed by atoms with Crippen LogP contribution in [0.1, 0.15) is 12.8 Å². The molecule has 7 heteroatoms. The van der Waals surface area contributed by atoms with Crippen LogP contribution in [-0.4, -0.2) is 74.0 Å². The van der Waals surface area contributed by atoms with Gasteiger partial charge in [0.15, 0.2) is 0 Å². The Balaban J connectivity index is 1.42. The molecular formula is C18H25ClN4O2. The molecule has 1 aliphatic heterocycles. The largest absolute Gasteiger partial charge is 0.368 e. The van der Waals surface area contributed by atoms with Gasteiger partial charge >= 0.3 is 0 Å². The predicted octanol–water partition coefficient (Wildman–Crippen LogP) is 1.20. The molecule has 1 heterocycles. The van der Waals surface area contributed by atoms with E-state index in [1.165, 1.54) is 4.90 Å². The van der Waals surface area contributed by atoms with Gasteiger partial charge < -0.3 is 15.1 Å². The zero-order valence-corrected chi connectivity index (χ0v) is 15.3. The highest BCUT2D eigenvalue weighted by Gasteiger charge is 2.25. The van der Waals surface area contributed by atoms with E-state index in [2.05, 4.69) is 15.1 Å². The summed E-state index contributed by atoms with van der Waals surface area (Å²) in [6.45, 7) is 3.77. The van der Waals surface area contributed by atoms with E-state index >= 15 is 0 Å². The molecule has 25 heavy (non-hydrogen) atoms. The average molecular weight is 365 g/mol. The van der Waals surface area contributed by atoms with Crippen molar-refractivity contribution in [2.45, 2.75) is 18.9 Å². The van der Waals surface area contributed by atoms with Gasteiger partial charge in [-0.25, -0.2) is 0 Å². The van der Waals surface area contributed by atoms with E-state index in [1.54, 1.807) is 7.05 Å². The van der Waals surface area contributed by atoms with Crippen LogP contribution in [0.4, 0.5) is 5.69 Å². The summed E-state index contributed by atoms with van der Waals surface area (Å²) in [4.78, 5) is 30.0. The molecule has 1 aliphatic carbocycles. The molecule has 6 nitrogen and oxygen atoms in total. The number of likely N-dealkylation sites (N-methyl/N-ethyl adjacent to an activating group) is 1. The molecule has 0 unspecified atom stereocenters. The van der Waals surface area contributed by atoms with Gasteiger partial charge in [0.1, 0.15) is 0 Å². The number of piperazine rings is 1. The van der Waals surface area contributed by atoms with Gasteiger partial charge in [0.25, 0.3) is 0 Å². The Hall–Kier alpha value is -1.79. The van der Waals surface area contributed by atoms with Crippen LogP contribution in [0.3, 0.4) is 0 Å². The highest BCUT2D eigenvalue weighted by Crippen LogP contribution is 2.26. The number of benzene rings is 1. The molecule has 2 amide bonds. The minimum Gasteiger partial charge on any atom is -0.368 e. The standard InChI is InChI=1S/C18H25ClN4O2/c1-21(12-17(24)20-14-6-7-14)18(25)13-22-8-10-23(11-9-22)16-5-3-2-4-15(16)19/h2-5,14H,6-13H2,1H3,(H,20,24). The van der Waals surface area contributed by atoms with E-state index in [4.69, 9.17) is 11.6 Å². The summed E-state index contributed by atoms with van der Waals surface area (Å²) in [7, 11) is 1.69. The minimum atomic E-state index is -0.0677. The zero-order chi connectivity index (χ0) is 17.8. The number of para-hydroxylation sites is 1. The Kier molecular flexibility index (Phi) is 5.81. The molecular weight excluding hydrogens is 340 g/mol. The van der Waals surface area contributed by atoms with E-state index in [0.29, 0.717) is 12.6 Å². The topological polar surface area (TPSA) is 55.9 Å². The first-order valence-electron chi connectivity index (χ1n) is 8.78. The minimum absolute atomic E-state index is 0.0165. The third-order valence-electron chi connectivity index (χ3n) is 4.67. The first kappa shape index (κ1) is 18.0. The number of hydrogen-bond acceptors (Lipinski definition) is 4. The summed E-state index contributed by atoms with van der Waals surface area (Å²) < 4.78 is 0. The van der Waals surface area contributed by atoms with Crippen LogP contribution in [0.15, 0.2) is 24.3 Å². The number of anilines is 1. The fourth-order valence-corrected chi connectivity index (χ4v) is 3.23. The second-order valence-electron chi connectivity index (χ2n) is 6.81. The van der Waals surface area contributed by atoms with Crippen molar-refractivity contribution in [1.82, 2.24) is 15.1 Å². The molecule has 2 aliphatic rings. The highest BCUT2D eigenvalue weighted by atomic mass is 35.5. The van der Waals surface area contributed by atoms with Crippen molar-refractivity contribution >= 4 is 29.1 Å². The Bertz CT molecular complexity index is 627. The molecule has 0 bridgehead atoms. The highest BCUT2D eigenvalue weighted by molar-refractivity contribution is 6.33. The molecule has 0 atom stereocenters. The summed E-state index contributed by atoms with van der Waals surface area (Å²) in [6.07, 6.45) is 2.11. The van der Waals surface area contributed by atoms with Crippen molar-refractivity contribution in [3.05, 3.63) is 29.3 Å². The molecule has 2 fully saturated rings. The second-order valence-corrected chi connectivity index (χ2v) is 7.21. The third kappa shape index (κ3) is 5.09. The quantitative estimate of drug-likeness (QED) is 0.824. The predicted molar refractivity (Wildman–Crippen MR) is 98.9 cm³/mol. The van der Waals surface area contributed by atoms with Crippen molar-refractivity contribution in [3.63, 3.8) is 0 Å². The molecule has 1 N–H and O–H groups in total. The van der Waals surface area contributed by atoms with Crippen molar-refractivity contribution in [3.8, 4) is 0 Å². The molecule has 136 valence electrons. The van der Waals surface area contributed by atoms with Gasteiger partial charge in [0, 0.05) is 39.3 Å². The van der Waals surface area contributed by atoms with E-state index in [9.17, 15) is 9.59 Å². The Labute approximate surface area is 153 Å². The maximum Gasteiger partial charge on any atom is 0.239 e. The van der Waals surface area contributed by atoms with Crippen molar-refractivity contribution in [2.24, 2.45) is 0 Å². The number of carbonyl (C=O) groups is 2. The maximum absolute atomic E-state index is 12.3. The number of rotatable bonds is 6. The molecule has 3 rings (SSSR count). The van der Waals surface area contributed by atoms with E-state index in [1.807, 2.05) is 24.3 Å². The summed E-state index contributed by atoms with van der Waals surface area (Å²) >= 11 is 6.25. The molecule has 1 saturated heterocycles. The Morgan fingerprint density at radius 1 is 1.20 bits per heavy atom. The lowest BCUT2D eigenvalue weighted by Crippen LogP contribution is -2.50. The number of nitrogens with zero attached hydrogens (tertiary/aromatic N) is 3. The monoisotopic (exact) mass is 364 g/mol. The summed E-state index contributed by atoms with van der Waals surface area (Å²) in [5, 5.41) is 3.66. The van der Waals surface area contributed by atoms with Gasteiger partial charge in [0.2, 0.25) is 11.8 Å². The summed E-state index contributed by atoms with van der Waals surface area (Å²) in [6, 6.07) is 8.16. The van der Waals surface area contributed by atoms with Crippen LogP contribution in [0.25, 0.3) is 0 Å². The lowest BCUT2D eigenvalue weighted by atomic mass is 10.2. The molecule has 1 saturated carbocycles. The molecule has 1 aromatic rings. The number of carbonyl (C=O) groups excluding carboxylic acids is 2. The van der Waals surface area contributed by atoms with E-state index in [-0.39, 0.29) is 18.4 Å². The van der Waals surface area contributed by atoms with Crippen molar-refractivity contribution in [2.75, 3.05) is 51.2 Å². The van der Waals surface area contributed by atoms with Crippen LogP contribution >= 0.6 is 11.6 Å². The van der Waals surface area contributed by atoms with Gasteiger partial charge in [-0.05, 0) is 25.0 Å². The average Bonchev–Trinajstić information content (AvgIpc) is 3.40. The Morgan fingerprint density at radius 2 is 1.88 bits per heavy atom. The van der Waals surface area contributed by atoms with E-state index in [0.717, 1.165) is 49.7 Å². The number of halogens is 1. The van der Waals surface area contributed by atoms with Crippen LogP contribution < -0.4 is 10.2 Å². The van der Waals surface area contributed by atoms with Gasteiger partial charge in [-0.15, -0.1) is 0 Å². The number of amides is 2. The van der Waals surface area contributed by atoms with Gasteiger partial charge in [-0.1, -0.05) is 23.7 Å². The maximum atomic E-state index is 12.3. The summed E-state index contributed by atoms with van der Waals surface area (Å²) in [5.41, 5.74) is 1.05. The number of nitrogens with one attached hydrogen (secondary N) is 1. The summed E-state index contributed by atoms with van der Waals surface area (Å²) in [5.74, 6) is -0.0842. The zero-order valence-electron chi connectivity index (χ0n) is 14.6. The van der Waals surface area contributed by atoms with Gasteiger partial charge in [-0.2, -0.15) is 0 Å². The molecule has 0 aromatic heterocycles. The van der Waals surface area contributed by atoms with Gasteiger partial charge in [-0.3, -0.25) is 14.5 Å². The van der Waals surface area contributed by atoms with Crippen LogP contribution in [0, 0.1) is 0 Å². The fraction of sp³-hybridized carbons (Fsp3) is 0.556. The van der Waals surface area contributed by atoms with Crippen LogP contribution in [0.5, 0.6) is 0 Å². The third-order valence-corrected chi connectivity index (χ3v) is 4.99. The van der Waals surface area contributed by atoms with E-state index < -0.39 is 0 Å². The molecule has 0 spiro atoms. The second kappa shape index (κ2) is 8.06. The lowest BCUT2D eigenvalue weighted by molar-refractivity contribution is -0.135. The fourth-order valence-electron chi connectivity index (χ4n) is 2.97. The van der Waals surface area contributed by atoms with Crippen LogP contribution in [-0.2, 0) is 9.59 Å². The van der Waals surface area contributed by atoms with Crippen molar-refractivity contribution in [1.29, 1.82) is 0 Å². The Morgan fingerprint density at radius 3 is 2.52 bits per heavy atom. The van der Waals surface area contributed by atoms with Crippen molar-refractivity contribution < 1.29 is 9.59 Å². The first-order valence-corrected chi connectivity index (χ1v) is 9.16. The smallest absolute Gasteiger partial charge is 0.239 e. The molecule has 0 radical (unpaired) electrons. The first-order chi connectivity index (χ1) is 12.0. The SMILES string of the molecule is CN(CC(=O)NC1CC1)C(=O)CN1CCN(c2ccccc2Cl)CC1. The molecule has 1 aromatic carbocycles. The van der Waals surface area contributed by atoms with Gasteiger partial charge in [0.05, 0.1) is 23.8 Å². The normalized spacial score (nSPS) is 18.1. The van der Waals surface area contributed by atoms with Crippen LogP contribution in [0.2, 0.25) is 5.02 Å².